The molecule has 4 heteroatoms. The molecule has 1 aliphatic heterocycles. The van der Waals surface area contributed by atoms with E-state index in [-0.39, 0.29) is 5.91 Å². The lowest BCUT2D eigenvalue weighted by molar-refractivity contribution is -0.127. The van der Waals surface area contributed by atoms with Crippen molar-refractivity contribution in [1.29, 1.82) is 0 Å². The van der Waals surface area contributed by atoms with Gasteiger partial charge in [0.1, 0.15) is 5.75 Å². The van der Waals surface area contributed by atoms with Gasteiger partial charge in [-0.3, -0.25) is 9.69 Å². The lowest BCUT2D eigenvalue weighted by atomic mass is 10.2. The van der Waals surface area contributed by atoms with Crippen LogP contribution in [0.25, 0.3) is 6.08 Å². The van der Waals surface area contributed by atoms with E-state index in [1.54, 1.807) is 6.08 Å². The summed E-state index contributed by atoms with van der Waals surface area (Å²) >= 11 is 0. The highest BCUT2D eigenvalue weighted by molar-refractivity contribution is 5.91. The first kappa shape index (κ1) is 17.5. The Bertz CT molecular complexity index is 515. The number of hydrogen-bond donors (Lipinski definition) is 0. The molecule has 0 N–H and O–H groups in total. The van der Waals surface area contributed by atoms with Crippen LogP contribution in [-0.2, 0) is 4.79 Å². The molecule has 0 bridgehead atoms. The molecule has 1 heterocycles. The van der Waals surface area contributed by atoms with Gasteiger partial charge in [0.25, 0.3) is 0 Å². The summed E-state index contributed by atoms with van der Waals surface area (Å²) in [6, 6.07) is 8.40. The van der Waals surface area contributed by atoms with E-state index in [0.717, 1.165) is 50.5 Å². The fourth-order valence-corrected chi connectivity index (χ4v) is 2.63. The lowest BCUT2D eigenvalue weighted by Crippen LogP contribution is -2.50. The minimum absolute atomic E-state index is 0.0970. The lowest BCUT2D eigenvalue weighted by Gasteiger charge is -2.36. The van der Waals surface area contributed by atoms with Gasteiger partial charge in [0.05, 0.1) is 6.61 Å². The number of rotatable bonds is 6. The molecule has 0 aromatic heterocycles. The Morgan fingerprint density at radius 1 is 1.17 bits per heavy atom. The molecule has 1 saturated heterocycles. The first-order valence-electron chi connectivity index (χ1n) is 8.54. The van der Waals surface area contributed by atoms with Gasteiger partial charge < -0.3 is 9.64 Å². The second-order valence-electron chi connectivity index (χ2n) is 6.21. The van der Waals surface area contributed by atoms with Crippen LogP contribution >= 0.6 is 0 Å². The Balaban J connectivity index is 1.84. The number of carbonyl (C=O) groups excluding carboxylic acids is 1. The van der Waals surface area contributed by atoms with Crippen molar-refractivity contribution in [2.75, 3.05) is 32.8 Å². The van der Waals surface area contributed by atoms with Gasteiger partial charge in [-0.25, -0.2) is 0 Å². The van der Waals surface area contributed by atoms with Crippen molar-refractivity contribution in [3.05, 3.63) is 35.9 Å². The molecular weight excluding hydrogens is 288 g/mol. The van der Waals surface area contributed by atoms with Crippen LogP contribution in [0.3, 0.4) is 0 Å². The summed E-state index contributed by atoms with van der Waals surface area (Å²) in [4.78, 5) is 16.6. The van der Waals surface area contributed by atoms with Gasteiger partial charge in [-0.05, 0) is 44.0 Å². The van der Waals surface area contributed by atoms with Gasteiger partial charge in [-0.1, -0.05) is 19.1 Å². The average Bonchev–Trinajstić information content (AvgIpc) is 2.58. The maximum Gasteiger partial charge on any atom is 0.246 e. The van der Waals surface area contributed by atoms with E-state index < -0.39 is 0 Å². The predicted molar refractivity (Wildman–Crippen MR) is 94.6 cm³/mol. The highest BCUT2D eigenvalue weighted by Crippen LogP contribution is 2.14. The molecule has 1 aliphatic rings. The van der Waals surface area contributed by atoms with Crippen molar-refractivity contribution in [2.24, 2.45) is 0 Å². The summed E-state index contributed by atoms with van der Waals surface area (Å²) in [6.45, 7) is 10.8. The number of amides is 1. The third kappa shape index (κ3) is 5.39. The van der Waals surface area contributed by atoms with Crippen molar-refractivity contribution < 1.29 is 9.53 Å². The molecule has 1 aromatic rings. The monoisotopic (exact) mass is 316 g/mol. The molecule has 23 heavy (non-hydrogen) atoms. The van der Waals surface area contributed by atoms with Gasteiger partial charge in [0.2, 0.25) is 5.91 Å². The van der Waals surface area contributed by atoms with E-state index >= 15 is 0 Å². The SMILES string of the molecule is CCCOc1ccc(/C=C/C(=O)N2CCN(C(C)C)CC2)cc1. The van der Waals surface area contributed by atoms with E-state index in [0.29, 0.717) is 6.04 Å². The third-order valence-electron chi connectivity index (χ3n) is 4.13. The van der Waals surface area contributed by atoms with Crippen LogP contribution in [0.15, 0.2) is 30.3 Å². The van der Waals surface area contributed by atoms with E-state index in [9.17, 15) is 4.79 Å². The second-order valence-corrected chi connectivity index (χ2v) is 6.21. The van der Waals surface area contributed by atoms with Crippen molar-refractivity contribution >= 4 is 12.0 Å². The second kappa shape index (κ2) is 8.73. The molecule has 0 spiro atoms. The fourth-order valence-electron chi connectivity index (χ4n) is 2.63. The van der Waals surface area contributed by atoms with Gasteiger partial charge in [-0.15, -0.1) is 0 Å². The molecular formula is C19H28N2O2. The molecule has 126 valence electrons. The smallest absolute Gasteiger partial charge is 0.246 e. The van der Waals surface area contributed by atoms with Crippen LogP contribution in [0, 0.1) is 0 Å². The van der Waals surface area contributed by atoms with Gasteiger partial charge >= 0.3 is 0 Å². The third-order valence-corrected chi connectivity index (χ3v) is 4.13. The maximum absolute atomic E-state index is 12.3. The summed E-state index contributed by atoms with van der Waals surface area (Å²) in [5, 5.41) is 0. The molecule has 1 aromatic carbocycles. The Labute approximate surface area is 139 Å². The number of piperazine rings is 1. The van der Waals surface area contributed by atoms with Crippen molar-refractivity contribution in [3.63, 3.8) is 0 Å². The molecule has 1 fully saturated rings. The van der Waals surface area contributed by atoms with Gasteiger partial charge in [0.15, 0.2) is 0 Å². The number of ether oxygens (including phenoxy) is 1. The Morgan fingerprint density at radius 2 is 1.83 bits per heavy atom. The summed E-state index contributed by atoms with van der Waals surface area (Å²) < 4.78 is 5.56. The Kier molecular flexibility index (Phi) is 6.66. The van der Waals surface area contributed by atoms with E-state index in [4.69, 9.17) is 4.74 Å². The van der Waals surface area contributed by atoms with Crippen LogP contribution in [0.2, 0.25) is 0 Å². The minimum Gasteiger partial charge on any atom is -0.494 e. The fraction of sp³-hybridized carbons (Fsp3) is 0.526. The summed E-state index contributed by atoms with van der Waals surface area (Å²) in [7, 11) is 0. The molecule has 0 saturated carbocycles. The number of nitrogens with zero attached hydrogens (tertiary/aromatic N) is 2. The highest BCUT2D eigenvalue weighted by Gasteiger charge is 2.20. The first-order valence-corrected chi connectivity index (χ1v) is 8.54. The zero-order valence-electron chi connectivity index (χ0n) is 14.5. The zero-order valence-corrected chi connectivity index (χ0v) is 14.5. The summed E-state index contributed by atoms with van der Waals surface area (Å²) in [6.07, 6.45) is 4.55. The molecule has 0 aliphatic carbocycles. The van der Waals surface area contributed by atoms with Crippen LogP contribution < -0.4 is 4.74 Å². The Hall–Kier alpha value is -1.81. The van der Waals surface area contributed by atoms with E-state index in [2.05, 4.69) is 25.7 Å². The van der Waals surface area contributed by atoms with Crippen LogP contribution in [0.5, 0.6) is 5.75 Å². The first-order chi connectivity index (χ1) is 11.1. The standard InChI is InChI=1S/C19H28N2O2/c1-4-15-23-18-8-5-17(6-9-18)7-10-19(22)21-13-11-20(12-14-21)16(2)3/h5-10,16H,4,11-15H2,1-3H3/b10-7+. The molecule has 2 rings (SSSR count). The molecule has 0 radical (unpaired) electrons. The van der Waals surface area contributed by atoms with Gasteiger partial charge in [-0.2, -0.15) is 0 Å². The largest absolute Gasteiger partial charge is 0.494 e. The summed E-state index contributed by atoms with van der Waals surface area (Å²) in [5.74, 6) is 0.972. The van der Waals surface area contributed by atoms with Crippen molar-refractivity contribution in [2.45, 2.75) is 33.2 Å². The van der Waals surface area contributed by atoms with Crippen molar-refractivity contribution in [1.82, 2.24) is 9.80 Å². The zero-order chi connectivity index (χ0) is 16.7. The maximum atomic E-state index is 12.3. The van der Waals surface area contributed by atoms with Crippen molar-refractivity contribution in [3.8, 4) is 5.75 Å². The molecule has 4 nitrogen and oxygen atoms in total. The van der Waals surface area contributed by atoms with Gasteiger partial charge in [0, 0.05) is 38.3 Å². The van der Waals surface area contributed by atoms with Crippen LogP contribution in [0.4, 0.5) is 0 Å². The summed E-state index contributed by atoms with van der Waals surface area (Å²) in [5.41, 5.74) is 1.02. The average molecular weight is 316 g/mol. The number of carbonyl (C=O) groups is 1. The quantitative estimate of drug-likeness (QED) is 0.756. The molecule has 0 unspecified atom stereocenters. The molecule has 0 atom stereocenters. The highest BCUT2D eigenvalue weighted by atomic mass is 16.5. The van der Waals surface area contributed by atoms with E-state index in [1.807, 2.05) is 35.2 Å². The molecule has 1 amide bonds. The topological polar surface area (TPSA) is 32.8 Å². The Morgan fingerprint density at radius 3 is 2.39 bits per heavy atom. The minimum atomic E-state index is 0.0970. The van der Waals surface area contributed by atoms with E-state index in [1.165, 1.54) is 0 Å². The number of hydrogen-bond acceptors (Lipinski definition) is 3. The number of benzene rings is 1. The van der Waals surface area contributed by atoms with Crippen LogP contribution in [0.1, 0.15) is 32.8 Å². The predicted octanol–water partition coefficient (Wildman–Crippen LogP) is 3.04. The normalized spacial score (nSPS) is 16.3. The van der Waals surface area contributed by atoms with Crippen LogP contribution in [-0.4, -0.2) is 54.5 Å².